The molecule has 110 valence electrons. The minimum atomic E-state index is -4.59. The van der Waals surface area contributed by atoms with E-state index in [1.165, 1.54) is 12.1 Å². The third-order valence-corrected chi connectivity index (χ3v) is 2.60. The summed E-state index contributed by atoms with van der Waals surface area (Å²) in [6, 6.07) is 7.10. The Kier molecular flexibility index (Phi) is 3.79. The summed E-state index contributed by atoms with van der Waals surface area (Å²) in [5.74, 6) is -0.920. The summed E-state index contributed by atoms with van der Waals surface area (Å²) in [6.07, 6.45) is -4.59. The van der Waals surface area contributed by atoms with Crippen LogP contribution in [0.25, 0.3) is 0 Å². The van der Waals surface area contributed by atoms with Gasteiger partial charge in [-0.3, -0.25) is 10.1 Å². The second-order valence-electron chi connectivity index (χ2n) is 4.12. The molecule has 0 fully saturated rings. The highest BCUT2D eigenvalue weighted by Gasteiger charge is 2.33. The lowest BCUT2D eigenvalue weighted by Crippen LogP contribution is -2.08. The first-order valence-corrected chi connectivity index (χ1v) is 5.65. The fourth-order valence-corrected chi connectivity index (χ4v) is 1.75. The SMILES string of the molecule is O=[N+]([O-])c1cc(F)cc(Nc2ccccc2C(F)(F)F)c1. The number of nitro benzene ring substituents is 1. The first-order valence-electron chi connectivity index (χ1n) is 5.65. The molecule has 8 heteroatoms. The molecule has 0 saturated heterocycles. The van der Waals surface area contributed by atoms with E-state index in [-0.39, 0.29) is 11.4 Å². The molecule has 0 spiro atoms. The zero-order chi connectivity index (χ0) is 15.6. The second kappa shape index (κ2) is 5.39. The van der Waals surface area contributed by atoms with Crippen molar-refractivity contribution in [3.05, 3.63) is 64.0 Å². The fraction of sp³-hybridized carbons (Fsp3) is 0.0769. The van der Waals surface area contributed by atoms with Crippen LogP contribution in [0.1, 0.15) is 5.56 Å². The van der Waals surface area contributed by atoms with Crippen molar-refractivity contribution in [3.63, 3.8) is 0 Å². The zero-order valence-corrected chi connectivity index (χ0v) is 10.3. The first kappa shape index (κ1) is 14.8. The van der Waals surface area contributed by atoms with Gasteiger partial charge >= 0.3 is 6.18 Å². The van der Waals surface area contributed by atoms with Crippen molar-refractivity contribution < 1.29 is 22.5 Å². The van der Waals surface area contributed by atoms with Gasteiger partial charge in [0, 0.05) is 11.8 Å². The summed E-state index contributed by atoms with van der Waals surface area (Å²) < 4.78 is 51.7. The third-order valence-electron chi connectivity index (χ3n) is 2.60. The smallest absolute Gasteiger partial charge is 0.355 e. The van der Waals surface area contributed by atoms with Crippen LogP contribution in [0.15, 0.2) is 42.5 Å². The summed E-state index contributed by atoms with van der Waals surface area (Å²) in [7, 11) is 0. The van der Waals surface area contributed by atoms with Crippen molar-refractivity contribution in [2.24, 2.45) is 0 Å². The van der Waals surface area contributed by atoms with E-state index < -0.39 is 28.2 Å². The highest BCUT2D eigenvalue weighted by molar-refractivity contribution is 5.65. The summed E-state index contributed by atoms with van der Waals surface area (Å²) in [5.41, 5.74) is -1.96. The molecule has 0 unspecified atom stereocenters. The molecular formula is C13H8F4N2O2. The topological polar surface area (TPSA) is 55.2 Å². The van der Waals surface area contributed by atoms with Gasteiger partial charge in [-0.05, 0) is 18.2 Å². The van der Waals surface area contributed by atoms with Crippen LogP contribution in [0, 0.1) is 15.9 Å². The number of hydrogen-bond donors (Lipinski definition) is 1. The molecule has 0 heterocycles. The molecule has 0 aliphatic rings. The Balaban J connectivity index is 2.42. The van der Waals surface area contributed by atoms with Crippen molar-refractivity contribution in [1.82, 2.24) is 0 Å². The number of halogens is 4. The Morgan fingerprint density at radius 3 is 2.38 bits per heavy atom. The molecule has 0 aromatic heterocycles. The van der Waals surface area contributed by atoms with E-state index in [0.717, 1.165) is 24.3 Å². The number of para-hydroxylation sites is 1. The first-order chi connectivity index (χ1) is 9.77. The summed E-state index contributed by atoms with van der Waals surface area (Å²) in [5, 5.41) is 13.0. The molecule has 2 aromatic carbocycles. The summed E-state index contributed by atoms with van der Waals surface area (Å²) in [4.78, 5) is 9.79. The number of nitrogens with zero attached hydrogens (tertiary/aromatic N) is 1. The molecular weight excluding hydrogens is 292 g/mol. The van der Waals surface area contributed by atoms with Crippen molar-refractivity contribution in [2.45, 2.75) is 6.18 Å². The average Bonchev–Trinajstić information content (AvgIpc) is 2.37. The molecule has 0 aliphatic carbocycles. The number of benzene rings is 2. The van der Waals surface area contributed by atoms with Gasteiger partial charge in [0.1, 0.15) is 5.82 Å². The van der Waals surface area contributed by atoms with Crippen molar-refractivity contribution in [2.75, 3.05) is 5.32 Å². The minimum absolute atomic E-state index is 0.140. The Morgan fingerprint density at radius 2 is 1.76 bits per heavy atom. The average molecular weight is 300 g/mol. The van der Waals surface area contributed by atoms with Gasteiger partial charge in [-0.1, -0.05) is 12.1 Å². The van der Waals surface area contributed by atoms with Gasteiger partial charge in [-0.15, -0.1) is 0 Å². The highest BCUT2D eigenvalue weighted by atomic mass is 19.4. The maximum absolute atomic E-state index is 13.3. The van der Waals surface area contributed by atoms with Gasteiger partial charge in [-0.25, -0.2) is 4.39 Å². The third kappa shape index (κ3) is 3.47. The van der Waals surface area contributed by atoms with Gasteiger partial charge in [0.05, 0.1) is 22.2 Å². The molecule has 2 aromatic rings. The van der Waals surface area contributed by atoms with Crippen molar-refractivity contribution >= 4 is 17.1 Å². The van der Waals surface area contributed by atoms with E-state index in [0.29, 0.717) is 6.07 Å². The van der Waals surface area contributed by atoms with Crippen LogP contribution in [0.3, 0.4) is 0 Å². The van der Waals surface area contributed by atoms with E-state index in [9.17, 15) is 27.7 Å². The van der Waals surface area contributed by atoms with Crippen LogP contribution in [0.2, 0.25) is 0 Å². The molecule has 4 nitrogen and oxygen atoms in total. The van der Waals surface area contributed by atoms with Crippen LogP contribution in [0.4, 0.5) is 34.6 Å². The zero-order valence-electron chi connectivity index (χ0n) is 10.3. The predicted octanol–water partition coefficient (Wildman–Crippen LogP) is 4.50. The Bertz CT molecular complexity index is 686. The van der Waals surface area contributed by atoms with E-state index in [4.69, 9.17) is 0 Å². The van der Waals surface area contributed by atoms with Gasteiger partial charge in [-0.2, -0.15) is 13.2 Å². The Hall–Kier alpha value is -2.64. The number of nitrogens with one attached hydrogen (secondary N) is 1. The van der Waals surface area contributed by atoms with Crippen molar-refractivity contribution in [1.29, 1.82) is 0 Å². The maximum atomic E-state index is 13.3. The van der Waals surface area contributed by atoms with E-state index in [1.54, 1.807) is 0 Å². The molecule has 1 N–H and O–H groups in total. The van der Waals surface area contributed by atoms with Crippen LogP contribution in [-0.4, -0.2) is 4.92 Å². The van der Waals surface area contributed by atoms with Gasteiger partial charge in [0.15, 0.2) is 0 Å². The van der Waals surface area contributed by atoms with E-state index in [2.05, 4.69) is 5.32 Å². The molecule has 0 radical (unpaired) electrons. The Morgan fingerprint density at radius 1 is 1.10 bits per heavy atom. The summed E-state index contributed by atoms with van der Waals surface area (Å²) in [6.45, 7) is 0. The molecule has 0 bridgehead atoms. The number of non-ortho nitro benzene ring substituents is 1. The predicted molar refractivity (Wildman–Crippen MR) is 67.8 cm³/mol. The quantitative estimate of drug-likeness (QED) is 0.516. The molecule has 0 atom stereocenters. The normalized spacial score (nSPS) is 11.2. The number of hydrogen-bond acceptors (Lipinski definition) is 3. The standard InChI is InChI=1S/C13H8F4N2O2/c14-8-5-9(7-10(6-8)19(20)21)18-12-4-2-1-3-11(12)13(15,16)17/h1-7,18H. The van der Waals surface area contributed by atoms with Crippen LogP contribution >= 0.6 is 0 Å². The number of nitro groups is 1. The molecule has 2 rings (SSSR count). The molecule has 0 aliphatic heterocycles. The Labute approximate surface area is 116 Å². The maximum Gasteiger partial charge on any atom is 0.418 e. The lowest BCUT2D eigenvalue weighted by Gasteiger charge is -2.14. The minimum Gasteiger partial charge on any atom is -0.355 e. The van der Waals surface area contributed by atoms with E-state index in [1.807, 2.05) is 0 Å². The lowest BCUT2D eigenvalue weighted by atomic mass is 10.1. The van der Waals surface area contributed by atoms with Crippen LogP contribution in [-0.2, 0) is 6.18 Å². The van der Waals surface area contributed by atoms with Crippen LogP contribution < -0.4 is 5.32 Å². The lowest BCUT2D eigenvalue weighted by molar-refractivity contribution is -0.385. The van der Waals surface area contributed by atoms with E-state index >= 15 is 0 Å². The number of rotatable bonds is 3. The number of alkyl halides is 3. The van der Waals surface area contributed by atoms with Crippen LogP contribution in [0.5, 0.6) is 0 Å². The second-order valence-corrected chi connectivity index (χ2v) is 4.12. The molecule has 21 heavy (non-hydrogen) atoms. The summed E-state index contributed by atoms with van der Waals surface area (Å²) >= 11 is 0. The van der Waals surface area contributed by atoms with Gasteiger partial charge < -0.3 is 5.32 Å². The molecule has 0 saturated carbocycles. The largest absolute Gasteiger partial charge is 0.418 e. The van der Waals surface area contributed by atoms with Crippen molar-refractivity contribution in [3.8, 4) is 0 Å². The highest BCUT2D eigenvalue weighted by Crippen LogP contribution is 2.36. The van der Waals surface area contributed by atoms with Gasteiger partial charge in [0.25, 0.3) is 5.69 Å². The fourth-order valence-electron chi connectivity index (χ4n) is 1.75. The van der Waals surface area contributed by atoms with Gasteiger partial charge in [0.2, 0.25) is 0 Å². The monoisotopic (exact) mass is 300 g/mol. The number of anilines is 2. The molecule has 0 amide bonds.